The van der Waals surface area contributed by atoms with Crippen LogP contribution in [0.2, 0.25) is 5.02 Å². The third-order valence-electron chi connectivity index (χ3n) is 2.67. The van der Waals surface area contributed by atoms with E-state index < -0.39 is 5.97 Å². The average Bonchev–Trinajstić information content (AvgIpc) is 3.08. The van der Waals surface area contributed by atoms with Crippen LogP contribution in [-0.2, 0) is 0 Å². The molecule has 1 aromatic carbocycles. The Labute approximate surface area is 123 Å². The molecule has 0 bridgehead atoms. The molecule has 0 fully saturated rings. The first-order valence-electron chi connectivity index (χ1n) is 5.69. The summed E-state index contributed by atoms with van der Waals surface area (Å²) in [6.45, 7) is 0. The Morgan fingerprint density at radius 2 is 2.00 bits per heavy atom. The van der Waals surface area contributed by atoms with Crippen LogP contribution in [-0.4, -0.2) is 16.1 Å². The van der Waals surface area contributed by atoms with Crippen LogP contribution in [0.1, 0.15) is 10.5 Å². The van der Waals surface area contributed by atoms with Gasteiger partial charge < -0.3 is 9.52 Å². The van der Waals surface area contributed by atoms with Crippen LogP contribution in [0.5, 0.6) is 0 Å². The van der Waals surface area contributed by atoms with E-state index in [9.17, 15) is 9.90 Å². The van der Waals surface area contributed by atoms with Gasteiger partial charge in [0.05, 0.1) is 4.88 Å². The van der Waals surface area contributed by atoms with E-state index in [0.29, 0.717) is 16.5 Å². The van der Waals surface area contributed by atoms with Crippen LogP contribution >= 0.6 is 22.9 Å². The lowest BCUT2D eigenvalue weighted by molar-refractivity contribution is 0.0691. The molecular formula is C14H8ClNO3S. The SMILES string of the molecule is O=C(O)c1nc(-c2cccs2)oc1-c1ccc(Cl)cc1. The molecule has 0 radical (unpaired) electrons. The minimum atomic E-state index is -1.12. The fourth-order valence-corrected chi connectivity index (χ4v) is 2.54. The number of carbonyl (C=O) groups is 1. The zero-order valence-electron chi connectivity index (χ0n) is 10.0. The van der Waals surface area contributed by atoms with Crippen molar-refractivity contribution in [3.05, 3.63) is 52.5 Å². The molecule has 0 spiro atoms. The molecule has 20 heavy (non-hydrogen) atoms. The van der Waals surface area contributed by atoms with Crippen molar-refractivity contribution < 1.29 is 14.3 Å². The van der Waals surface area contributed by atoms with Gasteiger partial charge >= 0.3 is 5.97 Å². The normalized spacial score (nSPS) is 10.7. The molecule has 100 valence electrons. The fourth-order valence-electron chi connectivity index (χ4n) is 1.77. The summed E-state index contributed by atoms with van der Waals surface area (Å²) in [5.74, 6) is -0.582. The lowest BCUT2D eigenvalue weighted by atomic mass is 10.1. The summed E-state index contributed by atoms with van der Waals surface area (Å²) in [6.07, 6.45) is 0. The predicted molar refractivity (Wildman–Crippen MR) is 77.2 cm³/mol. The minimum Gasteiger partial charge on any atom is -0.476 e. The number of rotatable bonds is 3. The highest BCUT2D eigenvalue weighted by Crippen LogP contribution is 2.32. The van der Waals surface area contributed by atoms with Crippen LogP contribution in [0, 0.1) is 0 Å². The molecule has 3 rings (SSSR count). The van der Waals surface area contributed by atoms with Crippen molar-refractivity contribution in [1.82, 2.24) is 4.98 Å². The molecule has 0 saturated heterocycles. The van der Waals surface area contributed by atoms with Gasteiger partial charge in [-0.25, -0.2) is 9.78 Å². The summed E-state index contributed by atoms with van der Waals surface area (Å²) in [5.41, 5.74) is 0.526. The molecule has 3 aromatic rings. The largest absolute Gasteiger partial charge is 0.476 e. The standard InChI is InChI=1S/C14H8ClNO3S/c15-9-5-3-8(4-6-9)12-11(14(17)18)16-13(19-12)10-2-1-7-20-10/h1-7H,(H,17,18). The van der Waals surface area contributed by atoms with Crippen molar-refractivity contribution >= 4 is 28.9 Å². The number of halogens is 1. The van der Waals surface area contributed by atoms with Crippen molar-refractivity contribution in [3.63, 3.8) is 0 Å². The molecule has 0 unspecified atom stereocenters. The van der Waals surface area contributed by atoms with Gasteiger partial charge in [-0.3, -0.25) is 0 Å². The molecular weight excluding hydrogens is 298 g/mol. The Bertz CT molecular complexity index is 747. The maximum Gasteiger partial charge on any atom is 0.358 e. The van der Waals surface area contributed by atoms with Gasteiger partial charge in [0.2, 0.25) is 5.89 Å². The van der Waals surface area contributed by atoms with Gasteiger partial charge in [-0.15, -0.1) is 11.3 Å². The summed E-state index contributed by atoms with van der Waals surface area (Å²) >= 11 is 7.26. The van der Waals surface area contributed by atoms with Crippen LogP contribution in [0.4, 0.5) is 0 Å². The predicted octanol–water partition coefficient (Wildman–Crippen LogP) is 4.42. The quantitative estimate of drug-likeness (QED) is 0.778. The third kappa shape index (κ3) is 2.33. The summed E-state index contributed by atoms with van der Waals surface area (Å²) in [7, 11) is 0. The molecule has 0 aliphatic heterocycles. The van der Waals surface area contributed by atoms with Gasteiger partial charge in [0.25, 0.3) is 0 Å². The lowest BCUT2D eigenvalue weighted by Crippen LogP contribution is -1.98. The Balaban J connectivity index is 2.14. The van der Waals surface area contributed by atoms with E-state index in [1.807, 2.05) is 17.5 Å². The summed E-state index contributed by atoms with van der Waals surface area (Å²) in [5, 5.41) is 11.7. The zero-order chi connectivity index (χ0) is 14.1. The van der Waals surface area contributed by atoms with E-state index in [0.717, 1.165) is 4.88 Å². The Hall–Kier alpha value is -2.11. The smallest absolute Gasteiger partial charge is 0.358 e. The van der Waals surface area contributed by atoms with Crippen LogP contribution in [0.25, 0.3) is 22.1 Å². The Kier molecular flexibility index (Phi) is 3.30. The lowest BCUT2D eigenvalue weighted by Gasteiger charge is -1.97. The number of thiophene rings is 1. The molecule has 2 aromatic heterocycles. The summed E-state index contributed by atoms with van der Waals surface area (Å²) in [6, 6.07) is 10.4. The summed E-state index contributed by atoms with van der Waals surface area (Å²) in [4.78, 5) is 16.1. The molecule has 0 aliphatic rings. The van der Waals surface area contributed by atoms with E-state index in [4.69, 9.17) is 16.0 Å². The minimum absolute atomic E-state index is 0.101. The monoisotopic (exact) mass is 305 g/mol. The van der Waals surface area contributed by atoms with Crippen molar-refractivity contribution in [2.24, 2.45) is 0 Å². The van der Waals surface area contributed by atoms with Crippen LogP contribution < -0.4 is 0 Å². The Morgan fingerprint density at radius 3 is 2.60 bits per heavy atom. The van der Waals surface area contributed by atoms with Crippen LogP contribution in [0.15, 0.2) is 46.2 Å². The van der Waals surface area contributed by atoms with E-state index in [2.05, 4.69) is 4.98 Å². The summed E-state index contributed by atoms with van der Waals surface area (Å²) < 4.78 is 5.62. The highest BCUT2D eigenvalue weighted by atomic mass is 35.5. The maximum absolute atomic E-state index is 11.3. The fraction of sp³-hybridized carbons (Fsp3) is 0. The molecule has 0 atom stereocenters. The number of benzene rings is 1. The molecule has 0 aliphatic carbocycles. The van der Waals surface area contributed by atoms with Gasteiger partial charge in [0.15, 0.2) is 11.5 Å². The van der Waals surface area contributed by atoms with Crippen molar-refractivity contribution in [2.45, 2.75) is 0 Å². The first kappa shape index (κ1) is 12.9. The first-order chi connectivity index (χ1) is 9.65. The second-order valence-electron chi connectivity index (χ2n) is 3.99. The number of nitrogens with zero attached hydrogens (tertiary/aromatic N) is 1. The number of aromatic nitrogens is 1. The highest BCUT2D eigenvalue weighted by Gasteiger charge is 2.21. The molecule has 2 heterocycles. The van der Waals surface area contributed by atoms with Crippen molar-refractivity contribution in [3.8, 4) is 22.1 Å². The second-order valence-corrected chi connectivity index (χ2v) is 5.37. The zero-order valence-corrected chi connectivity index (χ0v) is 11.6. The number of oxazole rings is 1. The van der Waals surface area contributed by atoms with E-state index in [-0.39, 0.29) is 11.5 Å². The number of hydrogen-bond acceptors (Lipinski definition) is 4. The van der Waals surface area contributed by atoms with E-state index in [1.54, 1.807) is 24.3 Å². The second kappa shape index (κ2) is 5.11. The van der Waals surface area contributed by atoms with Crippen LogP contribution in [0.3, 0.4) is 0 Å². The number of aromatic carboxylic acids is 1. The maximum atomic E-state index is 11.3. The average molecular weight is 306 g/mol. The van der Waals surface area contributed by atoms with Gasteiger partial charge in [0.1, 0.15) is 0 Å². The van der Waals surface area contributed by atoms with Gasteiger partial charge in [0, 0.05) is 10.6 Å². The number of carboxylic acids is 1. The molecule has 4 nitrogen and oxygen atoms in total. The molecule has 6 heteroatoms. The van der Waals surface area contributed by atoms with Gasteiger partial charge in [-0.05, 0) is 35.7 Å². The highest BCUT2D eigenvalue weighted by molar-refractivity contribution is 7.13. The molecule has 1 N–H and O–H groups in total. The first-order valence-corrected chi connectivity index (χ1v) is 6.95. The number of hydrogen-bond donors (Lipinski definition) is 1. The van der Waals surface area contributed by atoms with E-state index in [1.165, 1.54) is 11.3 Å². The van der Waals surface area contributed by atoms with Gasteiger partial charge in [-0.1, -0.05) is 17.7 Å². The van der Waals surface area contributed by atoms with E-state index >= 15 is 0 Å². The number of carboxylic acid groups (broad SMARTS) is 1. The Morgan fingerprint density at radius 1 is 1.25 bits per heavy atom. The third-order valence-corrected chi connectivity index (χ3v) is 3.78. The van der Waals surface area contributed by atoms with Gasteiger partial charge in [-0.2, -0.15) is 0 Å². The topological polar surface area (TPSA) is 63.3 Å². The molecule has 0 amide bonds. The molecule has 0 saturated carbocycles. The van der Waals surface area contributed by atoms with Crippen molar-refractivity contribution in [1.29, 1.82) is 0 Å². The van der Waals surface area contributed by atoms with Crippen molar-refractivity contribution in [2.75, 3.05) is 0 Å².